The van der Waals surface area contributed by atoms with Gasteiger partial charge in [-0.3, -0.25) is 4.79 Å². The topological polar surface area (TPSA) is 54.1 Å². The second kappa shape index (κ2) is 5.93. The first-order valence-electron chi connectivity index (χ1n) is 7.20. The molecule has 2 N–H and O–H groups in total. The third-order valence-electron chi connectivity index (χ3n) is 3.72. The molecule has 0 saturated carbocycles. The van der Waals surface area contributed by atoms with Crippen LogP contribution in [0.3, 0.4) is 0 Å². The standard InChI is InChI=1S/C18H18N2O2/c1-12(13-6-4-3-5-7-13)19-18(21)17-10-14-8-9-15(22-2)11-16(14)20-17/h3-12,20H,1-2H3,(H,19,21)/t12-/m0/s1. The Balaban J connectivity index is 1.80. The number of ether oxygens (including phenoxy) is 1. The summed E-state index contributed by atoms with van der Waals surface area (Å²) in [6, 6.07) is 17.4. The zero-order valence-electron chi connectivity index (χ0n) is 12.6. The monoisotopic (exact) mass is 294 g/mol. The molecule has 0 saturated heterocycles. The molecule has 4 heteroatoms. The van der Waals surface area contributed by atoms with Crippen LogP contribution in [0, 0.1) is 0 Å². The van der Waals surface area contributed by atoms with Gasteiger partial charge in [-0.1, -0.05) is 30.3 Å². The molecule has 4 nitrogen and oxygen atoms in total. The van der Waals surface area contributed by atoms with E-state index in [0.717, 1.165) is 22.2 Å². The molecule has 0 spiro atoms. The SMILES string of the molecule is COc1ccc2cc(C(=O)N[C@@H](C)c3ccccc3)[nH]c2c1. The number of hydrogen-bond acceptors (Lipinski definition) is 2. The fraction of sp³-hybridized carbons (Fsp3) is 0.167. The van der Waals surface area contributed by atoms with Gasteiger partial charge in [-0.2, -0.15) is 0 Å². The number of aromatic amines is 1. The maximum absolute atomic E-state index is 12.4. The summed E-state index contributed by atoms with van der Waals surface area (Å²) in [5, 5.41) is 3.99. The molecule has 1 aromatic heterocycles. The molecule has 22 heavy (non-hydrogen) atoms. The molecule has 0 fully saturated rings. The van der Waals surface area contributed by atoms with Gasteiger partial charge in [0, 0.05) is 17.0 Å². The average molecular weight is 294 g/mol. The lowest BCUT2D eigenvalue weighted by atomic mass is 10.1. The van der Waals surface area contributed by atoms with E-state index in [0.29, 0.717) is 5.69 Å². The number of rotatable bonds is 4. The van der Waals surface area contributed by atoms with Crippen LogP contribution in [-0.2, 0) is 0 Å². The van der Waals surface area contributed by atoms with Crippen LogP contribution < -0.4 is 10.1 Å². The van der Waals surface area contributed by atoms with Crippen molar-refractivity contribution in [2.75, 3.05) is 7.11 Å². The summed E-state index contributed by atoms with van der Waals surface area (Å²) >= 11 is 0. The van der Waals surface area contributed by atoms with E-state index < -0.39 is 0 Å². The summed E-state index contributed by atoms with van der Waals surface area (Å²) in [6.07, 6.45) is 0. The average Bonchev–Trinajstić information content (AvgIpc) is 2.98. The van der Waals surface area contributed by atoms with Gasteiger partial charge < -0.3 is 15.0 Å². The molecule has 0 bridgehead atoms. The van der Waals surface area contributed by atoms with E-state index in [-0.39, 0.29) is 11.9 Å². The summed E-state index contributed by atoms with van der Waals surface area (Å²) < 4.78 is 5.19. The molecule has 1 heterocycles. The van der Waals surface area contributed by atoms with Gasteiger partial charge in [0.15, 0.2) is 0 Å². The molecule has 0 unspecified atom stereocenters. The second-order valence-electron chi connectivity index (χ2n) is 5.24. The minimum absolute atomic E-state index is 0.0466. The molecular weight excluding hydrogens is 276 g/mol. The molecular formula is C18H18N2O2. The number of nitrogens with one attached hydrogen (secondary N) is 2. The zero-order chi connectivity index (χ0) is 15.5. The molecule has 112 valence electrons. The number of H-pyrrole nitrogens is 1. The van der Waals surface area contributed by atoms with Gasteiger partial charge in [0.2, 0.25) is 0 Å². The van der Waals surface area contributed by atoms with Gasteiger partial charge in [-0.25, -0.2) is 0 Å². The lowest BCUT2D eigenvalue weighted by Gasteiger charge is -2.13. The molecule has 3 aromatic rings. The van der Waals surface area contributed by atoms with Crippen molar-refractivity contribution in [3.8, 4) is 5.75 Å². The van der Waals surface area contributed by atoms with Crippen molar-refractivity contribution in [2.24, 2.45) is 0 Å². The highest BCUT2D eigenvalue weighted by Crippen LogP contribution is 2.21. The van der Waals surface area contributed by atoms with Gasteiger partial charge in [0.05, 0.1) is 13.2 Å². The van der Waals surface area contributed by atoms with E-state index in [9.17, 15) is 4.79 Å². The van der Waals surface area contributed by atoms with E-state index in [1.807, 2.05) is 61.5 Å². The van der Waals surface area contributed by atoms with Crippen LogP contribution in [0.15, 0.2) is 54.6 Å². The summed E-state index contributed by atoms with van der Waals surface area (Å²) in [6.45, 7) is 1.97. The van der Waals surface area contributed by atoms with Gasteiger partial charge in [0.25, 0.3) is 5.91 Å². The quantitative estimate of drug-likeness (QED) is 0.771. The maximum atomic E-state index is 12.4. The number of methoxy groups -OCH3 is 1. The summed E-state index contributed by atoms with van der Waals surface area (Å²) in [4.78, 5) is 15.5. The van der Waals surface area contributed by atoms with Gasteiger partial charge in [-0.05, 0) is 30.7 Å². The van der Waals surface area contributed by atoms with Gasteiger partial charge >= 0.3 is 0 Å². The number of benzene rings is 2. The fourth-order valence-electron chi connectivity index (χ4n) is 2.45. The van der Waals surface area contributed by atoms with Crippen LogP contribution in [0.4, 0.5) is 0 Å². The minimum Gasteiger partial charge on any atom is -0.497 e. The molecule has 1 amide bonds. The number of aromatic nitrogens is 1. The maximum Gasteiger partial charge on any atom is 0.268 e. The first-order chi connectivity index (χ1) is 10.7. The molecule has 0 aliphatic heterocycles. The van der Waals surface area contributed by atoms with Crippen molar-refractivity contribution < 1.29 is 9.53 Å². The van der Waals surface area contributed by atoms with Crippen LogP contribution in [0.1, 0.15) is 29.0 Å². The molecule has 3 rings (SSSR count). The molecule has 0 radical (unpaired) electrons. The number of hydrogen-bond donors (Lipinski definition) is 2. The van der Waals surface area contributed by atoms with Crippen molar-refractivity contribution in [3.63, 3.8) is 0 Å². The van der Waals surface area contributed by atoms with Crippen molar-refractivity contribution in [3.05, 3.63) is 65.9 Å². The molecule has 0 aliphatic carbocycles. The number of amides is 1. The Kier molecular flexibility index (Phi) is 3.83. The third kappa shape index (κ3) is 2.81. The minimum atomic E-state index is -0.119. The van der Waals surface area contributed by atoms with Crippen LogP contribution in [0.25, 0.3) is 10.9 Å². The van der Waals surface area contributed by atoms with Crippen molar-refractivity contribution in [1.29, 1.82) is 0 Å². The Bertz CT molecular complexity index is 793. The highest BCUT2D eigenvalue weighted by atomic mass is 16.5. The lowest BCUT2D eigenvalue weighted by molar-refractivity contribution is 0.0935. The summed E-state index contributed by atoms with van der Waals surface area (Å²) in [5.41, 5.74) is 2.51. The third-order valence-corrected chi connectivity index (χ3v) is 3.72. The summed E-state index contributed by atoms with van der Waals surface area (Å²) in [7, 11) is 1.62. The second-order valence-corrected chi connectivity index (χ2v) is 5.24. The van der Waals surface area contributed by atoms with E-state index in [1.165, 1.54) is 0 Å². The van der Waals surface area contributed by atoms with Crippen molar-refractivity contribution >= 4 is 16.8 Å². The highest BCUT2D eigenvalue weighted by Gasteiger charge is 2.13. The molecule has 2 aromatic carbocycles. The largest absolute Gasteiger partial charge is 0.497 e. The first kappa shape index (κ1) is 14.2. The predicted octanol–water partition coefficient (Wildman–Crippen LogP) is 3.67. The van der Waals surface area contributed by atoms with E-state index >= 15 is 0 Å². The summed E-state index contributed by atoms with van der Waals surface area (Å²) in [5.74, 6) is 0.644. The Morgan fingerprint density at radius 2 is 1.91 bits per heavy atom. The normalized spacial score (nSPS) is 12.1. The van der Waals surface area contributed by atoms with E-state index in [2.05, 4.69) is 10.3 Å². The predicted molar refractivity (Wildman–Crippen MR) is 87.2 cm³/mol. The number of fused-ring (bicyclic) bond motifs is 1. The smallest absolute Gasteiger partial charge is 0.268 e. The number of carbonyl (C=O) groups is 1. The van der Waals surface area contributed by atoms with Crippen LogP contribution in [0.2, 0.25) is 0 Å². The number of carbonyl (C=O) groups excluding carboxylic acids is 1. The molecule has 1 atom stereocenters. The van der Waals surface area contributed by atoms with Gasteiger partial charge in [0.1, 0.15) is 11.4 Å². The Hall–Kier alpha value is -2.75. The zero-order valence-corrected chi connectivity index (χ0v) is 12.6. The Morgan fingerprint density at radius 1 is 1.14 bits per heavy atom. The van der Waals surface area contributed by atoms with Crippen LogP contribution >= 0.6 is 0 Å². The fourth-order valence-corrected chi connectivity index (χ4v) is 2.45. The highest BCUT2D eigenvalue weighted by molar-refractivity contribution is 5.98. The van der Waals surface area contributed by atoms with Gasteiger partial charge in [-0.15, -0.1) is 0 Å². The van der Waals surface area contributed by atoms with E-state index in [4.69, 9.17) is 4.74 Å². The van der Waals surface area contributed by atoms with Crippen molar-refractivity contribution in [2.45, 2.75) is 13.0 Å². The van der Waals surface area contributed by atoms with Crippen LogP contribution in [0.5, 0.6) is 5.75 Å². The Morgan fingerprint density at radius 3 is 2.64 bits per heavy atom. The van der Waals surface area contributed by atoms with Crippen LogP contribution in [-0.4, -0.2) is 18.0 Å². The lowest BCUT2D eigenvalue weighted by Crippen LogP contribution is -2.26. The Labute approximate surface area is 129 Å². The first-order valence-corrected chi connectivity index (χ1v) is 7.20. The molecule has 0 aliphatic rings. The van der Waals surface area contributed by atoms with Crippen molar-refractivity contribution in [1.82, 2.24) is 10.3 Å². The van der Waals surface area contributed by atoms with E-state index in [1.54, 1.807) is 7.11 Å².